The second-order valence-electron chi connectivity index (χ2n) is 14.4. The number of carbonyl (C=O) groups is 7. The summed E-state index contributed by atoms with van der Waals surface area (Å²) in [6, 6.07) is 23.7. The molecule has 3 aromatic carbocycles. The molecule has 0 spiro atoms. The Balaban J connectivity index is 1.66. The van der Waals surface area contributed by atoms with Crippen LogP contribution in [-0.2, 0) is 71.3 Å². The Labute approximate surface area is 368 Å². The van der Waals surface area contributed by atoms with Crippen molar-refractivity contribution in [3.8, 4) is 0 Å². The highest BCUT2D eigenvalue weighted by Gasteiger charge is 2.58. The van der Waals surface area contributed by atoms with Gasteiger partial charge in [0.1, 0.15) is 31.5 Å². The van der Waals surface area contributed by atoms with E-state index in [9.17, 15) is 33.6 Å². The van der Waals surface area contributed by atoms with E-state index in [-0.39, 0.29) is 23.3 Å². The fourth-order valence-electron chi connectivity index (χ4n) is 6.80. The lowest BCUT2D eigenvalue weighted by atomic mass is 9.95. The van der Waals surface area contributed by atoms with Crippen LogP contribution < -0.4 is 0 Å². The fourth-order valence-corrected chi connectivity index (χ4v) is 6.80. The molecule has 0 aliphatic carbocycles. The molecule has 18 nitrogen and oxygen atoms in total. The fraction of sp³-hybridized carbons (Fsp3) is 0.413. The third-order valence-corrected chi connectivity index (χ3v) is 9.56. The van der Waals surface area contributed by atoms with Gasteiger partial charge in [0.15, 0.2) is 43.1 Å². The van der Waals surface area contributed by atoms with Crippen LogP contribution in [0.2, 0.25) is 0 Å². The van der Waals surface area contributed by atoms with Crippen LogP contribution in [0.4, 0.5) is 0 Å². The first-order valence-corrected chi connectivity index (χ1v) is 20.3. The molecule has 342 valence electrons. The summed E-state index contributed by atoms with van der Waals surface area (Å²) in [6.07, 6.45) is -13.7. The zero-order valence-electron chi connectivity index (χ0n) is 35.6. The number of rotatable bonds is 19. The number of esters is 7. The molecule has 2 saturated heterocycles. The minimum Gasteiger partial charge on any atom is -0.463 e. The standard InChI is InChI=1S/C46H50O18/c1-6-7-17-24-54-45-40(63-44(53)33-22-15-10-16-23-33)39(62-43(52)32-20-13-9-14-21-32)37(35(60-45)26-56-42(51)31-18-11-8-12-19-31)64-46-41(59-30(5)50)38(58-29(4)49)36(57-28(3)48)34(61-46)25-55-27(2)47/h6,8-16,18-23,34-41,45-46H,1,7,17,24-26H2,2-5H3/t34-,35-,36-,37-,38+,39+,40+,41+,45+,46-/m1/s1. The Morgan fingerprint density at radius 1 is 0.500 bits per heavy atom. The lowest BCUT2D eigenvalue weighted by Crippen LogP contribution is -2.67. The Bertz CT molecular complexity index is 2060. The van der Waals surface area contributed by atoms with Gasteiger partial charge in [0, 0.05) is 27.7 Å². The van der Waals surface area contributed by atoms with Crippen molar-refractivity contribution in [1.82, 2.24) is 0 Å². The molecule has 18 heteroatoms. The van der Waals surface area contributed by atoms with E-state index < -0.39 is 116 Å². The number of hydrogen-bond acceptors (Lipinski definition) is 18. The topological polar surface area (TPSA) is 221 Å². The van der Waals surface area contributed by atoms with Gasteiger partial charge in [-0.25, -0.2) is 14.4 Å². The van der Waals surface area contributed by atoms with E-state index in [1.54, 1.807) is 60.7 Å². The van der Waals surface area contributed by atoms with E-state index in [2.05, 4.69) is 6.58 Å². The van der Waals surface area contributed by atoms with E-state index in [4.69, 9.17) is 52.1 Å². The highest BCUT2D eigenvalue weighted by Crippen LogP contribution is 2.36. The molecule has 0 N–H and O–H groups in total. The van der Waals surface area contributed by atoms with Gasteiger partial charge in [0.05, 0.1) is 23.3 Å². The molecule has 2 fully saturated rings. The quantitative estimate of drug-likeness (QED) is 0.0701. The van der Waals surface area contributed by atoms with Gasteiger partial charge in [-0.2, -0.15) is 0 Å². The summed E-state index contributed by atoms with van der Waals surface area (Å²) in [5.41, 5.74) is 0.356. The molecule has 64 heavy (non-hydrogen) atoms. The van der Waals surface area contributed by atoms with Gasteiger partial charge in [-0.3, -0.25) is 19.2 Å². The zero-order valence-corrected chi connectivity index (χ0v) is 35.6. The molecule has 5 rings (SSSR count). The van der Waals surface area contributed by atoms with Gasteiger partial charge in [0.25, 0.3) is 0 Å². The first-order chi connectivity index (χ1) is 30.7. The Hall–Kier alpha value is -6.47. The molecule has 0 aromatic heterocycles. The predicted molar refractivity (Wildman–Crippen MR) is 219 cm³/mol. The van der Waals surface area contributed by atoms with E-state index in [1.807, 2.05) is 0 Å². The summed E-state index contributed by atoms with van der Waals surface area (Å²) in [4.78, 5) is 91.3. The predicted octanol–water partition coefficient (Wildman–Crippen LogP) is 4.47. The van der Waals surface area contributed by atoms with Crippen molar-refractivity contribution in [2.75, 3.05) is 19.8 Å². The van der Waals surface area contributed by atoms with Crippen LogP contribution in [0.25, 0.3) is 0 Å². The van der Waals surface area contributed by atoms with Gasteiger partial charge in [-0.15, -0.1) is 6.58 Å². The summed E-state index contributed by atoms with van der Waals surface area (Å²) in [5, 5.41) is 0. The maximum atomic E-state index is 14.1. The van der Waals surface area contributed by atoms with E-state index in [0.29, 0.717) is 12.8 Å². The van der Waals surface area contributed by atoms with Gasteiger partial charge in [-0.1, -0.05) is 60.7 Å². The minimum absolute atomic E-state index is 0.0250. The van der Waals surface area contributed by atoms with Gasteiger partial charge >= 0.3 is 41.8 Å². The molecular weight excluding hydrogens is 840 g/mol. The molecule has 0 radical (unpaired) electrons. The summed E-state index contributed by atoms with van der Waals surface area (Å²) in [6.45, 7) is 6.82. The number of hydrogen-bond donors (Lipinski definition) is 0. The second kappa shape index (κ2) is 23.8. The monoisotopic (exact) mass is 890 g/mol. The number of ether oxygens (including phenoxy) is 11. The smallest absolute Gasteiger partial charge is 0.338 e. The van der Waals surface area contributed by atoms with Crippen molar-refractivity contribution in [3.63, 3.8) is 0 Å². The van der Waals surface area contributed by atoms with E-state index in [0.717, 1.165) is 27.7 Å². The van der Waals surface area contributed by atoms with Crippen molar-refractivity contribution in [1.29, 1.82) is 0 Å². The third-order valence-electron chi connectivity index (χ3n) is 9.56. The lowest BCUT2D eigenvalue weighted by Gasteiger charge is -2.48. The molecule has 0 saturated carbocycles. The lowest BCUT2D eigenvalue weighted by molar-refractivity contribution is -0.359. The Morgan fingerprint density at radius 3 is 1.44 bits per heavy atom. The van der Waals surface area contributed by atoms with Crippen molar-refractivity contribution in [2.45, 2.75) is 102 Å². The number of allylic oxidation sites excluding steroid dienone is 1. The van der Waals surface area contributed by atoms with Crippen molar-refractivity contribution < 1.29 is 85.7 Å². The van der Waals surface area contributed by atoms with Crippen LogP contribution in [0, 0.1) is 0 Å². The molecule has 0 bridgehead atoms. The van der Waals surface area contributed by atoms with Gasteiger partial charge < -0.3 is 52.1 Å². The minimum atomic E-state index is -1.87. The van der Waals surface area contributed by atoms with Crippen LogP contribution in [0.3, 0.4) is 0 Å². The SMILES string of the molecule is C=CCCCO[C@H]1O[C@H](COC(=O)c2ccccc2)[C@@H](O[C@H]2O[C@H](COC(C)=O)[C@@H](OC(C)=O)[C@H](OC(C)=O)[C@@H]2OC(C)=O)[C@H](OC(=O)c2ccccc2)[C@@H]1OC(=O)c1ccccc1. The van der Waals surface area contributed by atoms with Crippen LogP contribution in [0.5, 0.6) is 0 Å². The highest BCUT2D eigenvalue weighted by molar-refractivity contribution is 5.91. The van der Waals surface area contributed by atoms with Crippen LogP contribution in [-0.4, -0.2) is 123 Å². The highest BCUT2D eigenvalue weighted by atomic mass is 16.8. The first kappa shape index (κ1) is 48.6. The molecule has 10 atom stereocenters. The molecule has 0 unspecified atom stereocenters. The summed E-state index contributed by atoms with van der Waals surface area (Å²) >= 11 is 0. The summed E-state index contributed by atoms with van der Waals surface area (Å²) < 4.78 is 65.6. The maximum absolute atomic E-state index is 14.1. The summed E-state index contributed by atoms with van der Waals surface area (Å²) in [7, 11) is 0. The number of benzene rings is 3. The second-order valence-corrected chi connectivity index (χ2v) is 14.4. The van der Waals surface area contributed by atoms with Crippen molar-refractivity contribution >= 4 is 41.8 Å². The largest absolute Gasteiger partial charge is 0.463 e. The van der Waals surface area contributed by atoms with Crippen LogP contribution in [0.1, 0.15) is 71.6 Å². The van der Waals surface area contributed by atoms with Crippen LogP contribution >= 0.6 is 0 Å². The normalized spacial score (nSPS) is 25.1. The zero-order chi connectivity index (χ0) is 46.2. The van der Waals surface area contributed by atoms with Crippen molar-refractivity contribution in [2.24, 2.45) is 0 Å². The van der Waals surface area contributed by atoms with E-state index in [1.165, 1.54) is 36.4 Å². The summed E-state index contributed by atoms with van der Waals surface area (Å²) in [5.74, 6) is -6.04. The van der Waals surface area contributed by atoms with E-state index >= 15 is 0 Å². The first-order valence-electron chi connectivity index (χ1n) is 20.3. The molecule has 0 amide bonds. The number of unbranched alkanes of at least 4 members (excludes halogenated alkanes) is 1. The molecule has 2 aliphatic heterocycles. The third kappa shape index (κ3) is 13.8. The van der Waals surface area contributed by atoms with Crippen LogP contribution in [0.15, 0.2) is 104 Å². The Kier molecular flexibility index (Phi) is 18.1. The molecule has 2 heterocycles. The average Bonchev–Trinajstić information content (AvgIpc) is 3.27. The van der Waals surface area contributed by atoms with Gasteiger partial charge in [-0.05, 0) is 49.2 Å². The van der Waals surface area contributed by atoms with Gasteiger partial charge in [0.2, 0.25) is 0 Å². The Morgan fingerprint density at radius 2 is 0.922 bits per heavy atom. The number of carbonyl (C=O) groups excluding carboxylic acids is 7. The molecular formula is C46H50O18. The van der Waals surface area contributed by atoms with Crippen molar-refractivity contribution in [3.05, 3.63) is 120 Å². The molecule has 2 aliphatic rings. The maximum Gasteiger partial charge on any atom is 0.338 e. The average molecular weight is 891 g/mol. The molecule has 3 aromatic rings.